The van der Waals surface area contributed by atoms with Gasteiger partial charge in [0.2, 0.25) is 0 Å². The second kappa shape index (κ2) is 8.77. The summed E-state index contributed by atoms with van der Waals surface area (Å²) in [7, 11) is 3.09. The normalized spacial score (nSPS) is 10.1. The smallest absolute Gasteiger partial charge is 0.251 e. The van der Waals surface area contributed by atoms with Gasteiger partial charge in [-0.1, -0.05) is 15.9 Å². The van der Waals surface area contributed by atoms with E-state index < -0.39 is 0 Å². The largest absolute Gasteiger partial charge is 0.497 e. The molecule has 0 bridgehead atoms. The molecule has 0 fully saturated rings. The van der Waals surface area contributed by atoms with Crippen LogP contribution < -0.4 is 14.8 Å². The average Bonchev–Trinajstić information content (AvgIpc) is 2.46. The second-order valence-corrected chi connectivity index (χ2v) is 4.45. The number of rotatable bonds is 8. The van der Waals surface area contributed by atoms with Crippen LogP contribution in [0.1, 0.15) is 10.4 Å². The van der Waals surface area contributed by atoms with Crippen molar-refractivity contribution >= 4 is 21.8 Å². The zero-order valence-corrected chi connectivity index (χ0v) is 12.7. The van der Waals surface area contributed by atoms with Gasteiger partial charge in [0.05, 0.1) is 27.4 Å². The molecule has 106 valence electrons. The van der Waals surface area contributed by atoms with Crippen LogP contribution >= 0.6 is 15.9 Å². The molecule has 19 heavy (non-hydrogen) atoms. The molecular weight excluding hydrogens is 314 g/mol. The maximum absolute atomic E-state index is 11.9. The molecule has 1 rings (SSSR count). The first-order chi connectivity index (χ1) is 9.21. The van der Waals surface area contributed by atoms with E-state index in [2.05, 4.69) is 21.2 Å². The molecule has 1 amide bonds. The lowest BCUT2D eigenvalue weighted by Crippen LogP contribution is -2.27. The zero-order valence-electron chi connectivity index (χ0n) is 11.1. The van der Waals surface area contributed by atoms with Gasteiger partial charge in [-0.05, 0) is 12.1 Å². The van der Waals surface area contributed by atoms with Crippen molar-refractivity contribution in [2.24, 2.45) is 0 Å². The van der Waals surface area contributed by atoms with Crippen molar-refractivity contribution in [3.05, 3.63) is 23.8 Å². The van der Waals surface area contributed by atoms with Gasteiger partial charge in [0.15, 0.2) is 0 Å². The van der Waals surface area contributed by atoms with Crippen LogP contribution in [0, 0.1) is 0 Å². The molecule has 0 aliphatic heterocycles. The van der Waals surface area contributed by atoms with Crippen molar-refractivity contribution in [1.82, 2.24) is 5.32 Å². The highest BCUT2D eigenvalue weighted by Crippen LogP contribution is 2.22. The van der Waals surface area contributed by atoms with E-state index in [1.165, 1.54) is 0 Å². The molecule has 6 heteroatoms. The quantitative estimate of drug-likeness (QED) is 0.583. The summed E-state index contributed by atoms with van der Waals surface area (Å²) >= 11 is 3.26. The van der Waals surface area contributed by atoms with Gasteiger partial charge >= 0.3 is 0 Å². The van der Waals surface area contributed by atoms with Crippen LogP contribution in [0.5, 0.6) is 11.5 Å². The van der Waals surface area contributed by atoms with Crippen molar-refractivity contribution in [3.63, 3.8) is 0 Å². The van der Waals surface area contributed by atoms with Crippen molar-refractivity contribution in [3.8, 4) is 11.5 Å². The number of hydrogen-bond acceptors (Lipinski definition) is 4. The van der Waals surface area contributed by atoms with Gasteiger partial charge in [-0.15, -0.1) is 0 Å². The predicted molar refractivity (Wildman–Crippen MR) is 76.5 cm³/mol. The van der Waals surface area contributed by atoms with Crippen LogP contribution in [-0.2, 0) is 4.74 Å². The third kappa shape index (κ3) is 5.48. The Morgan fingerprint density at radius 2 is 1.79 bits per heavy atom. The minimum absolute atomic E-state index is 0.181. The fraction of sp³-hybridized carbons (Fsp3) is 0.462. The fourth-order valence-corrected chi connectivity index (χ4v) is 1.66. The highest BCUT2D eigenvalue weighted by atomic mass is 79.9. The summed E-state index contributed by atoms with van der Waals surface area (Å²) in [4.78, 5) is 11.9. The SMILES string of the molecule is COc1cc(OC)cc(C(=O)NCCOCCBr)c1. The van der Waals surface area contributed by atoms with Crippen LogP contribution in [0.15, 0.2) is 18.2 Å². The number of halogens is 1. The summed E-state index contributed by atoms with van der Waals surface area (Å²) in [5, 5.41) is 3.56. The Labute approximate surface area is 121 Å². The summed E-state index contributed by atoms with van der Waals surface area (Å²) < 4.78 is 15.5. The number of nitrogens with one attached hydrogen (secondary N) is 1. The van der Waals surface area contributed by atoms with Crippen LogP contribution in [0.2, 0.25) is 0 Å². The Morgan fingerprint density at radius 1 is 1.16 bits per heavy atom. The number of alkyl halides is 1. The Balaban J connectivity index is 2.55. The number of carbonyl (C=O) groups is 1. The number of ether oxygens (including phenoxy) is 3. The van der Waals surface area contributed by atoms with Crippen LogP contribution in [0.4, 0.5) is 0 Å². The maximum atomic E-state index is 11.9. The van der Waals surface area contributed by atoms with E-state index in [0.29, 0.717) is 36.8 Å². The van der Waals surface area contributed by atoms with Crippen molar-refractivity contribution in [2.45, 2.75) is 0 Å². The summed E-state index contributed by atoms with van der Waals surface area (Å²) in [6.45, 7) is 1.58. The number of methoxy groups -OCH3 is 2. The van der Waals surface area contributed by atoms with Gasteiger partial charge in [-0.3, -0.25) is 4.79 Å². The topological polar surface area (TPSA) is 56.8 Å². The summed E-state index contributed by atoms with van der Waals surface area (Å²) in [6, 6.07) is 5.05. The average molecular weight is 332 g/mol. The minimum Gasteiger partial charge on any atom is -0.497 e. The van der Waals surface area contributed by atoms with Gasteiger partial charge in [0, 0.05) is 23.5 Å². The molecule has 1 N–H and O–H groups in total. The van der Waals surface area contributed by atoms with Gasteiger partial charge in [-0.2, -0.15) is 0 Å². The second-order valence-electron chi connectivity index (χ2n) is 3.66. The zero-order chi connectivity index (χ0) is 14.1. The summed E-state index contributed by atoms with van der Waals surface area (Å²) in [6.07, 6.45) is 0. The maximum Gasteiger partial charge on any atom is 0.251 e. The van der Waals surface area contributed by atoms with Gasteiger partial charge < -0.3 is 19.5 Å². The highest BCUT2D eigenvalue weighted by molar-refractivity contribution is 9.09. The lowest BCUT2D eigenvalue weighted by molar-refractivity contribution is 0.0923. The summed E-state index contributed by atoms with van der Waals surface area (Å²) in [5.74, 6) is 0.986. The first-order valence-corrected chi connectivity index (χ1v) is 6.98. The van der Waals surface area contributed by atoms with E-state index >= 15 is 0 Å². The van der Waals surface area contributed by atoms with E-state index in [0.717, 1.165) is 5.33 Å². The number of hydrogen-bond donors (Lipinski definition) is 1. The number of benzene rings is 1. The predicted octanol–water partition coefficient (Wildman–Crippen LogP) is 1.85. The van der Waals surface area contributed by atoms with Crippen LogP contribution in [0.3, 0.4) is 0 Å². The molecule has 0 saturated carbocycles. The third-order valence-electron chi connectivity index (χ3n) is 2.37. The first kappa shape index (κ1) is 15.8. The summed E-state index contributed by atoms with van der Waals surface area (Å²) in [5.41, 5.74) is 0.497. The molecule has 0 aromatic heterocycles. The molecule has 0 spiro atoms. The molecule has 1 aromatic rings. The molecule has 0 radical (unpaired) electrons. The van der Waals surface area contributed by atoms with Gasteiger partial charge in [0.1, 0.15) is 11.5 Å². The fourth-order valence-electron chi connectivity index (χ4n) is 1.43. The van der Waals surface area contributed by atoms with Crippen LogP contribution in [0.25, 0.3) is 0 Å². The molecule has 1 aromatic carbocycles. The Morgan fingerprint density at radius 3 is 2.32 bits per heavy atom. The monoisotopic (exact) mass is 331 g/mol. The molecule has 0 aliphatic carbocycles. The number of carbonyl (C=O) groups excluding carboxylic acids is 1. The van der Waals surface area contributed by atoms with E-state index in [4.69, 9.17) is 14.2 Å². The van der Waals surface area contributed by atoms with Gasteiger partial charge in [0.25, 0.3) is 5.91 Å². The third-order valence-corrected chi connectivity index (χ3v) is 2.69. The Kier molecular flexibility index (Phi) is 7.28. The lowest BCUT2D eigenvalue weighted by Gasteiger charge is -2.09. The molecule has 0 unspecified atom stereocenters. The molecule has 0 atom stereocenters. The first-order valence-electron chi connectivity index (χ1n) is 5.86. The molecular formula is C13H18BrNO4. The Hall–Kier alpha value is -1.27. The van der Waals surface area contributed by atoms with Crippen molar-refractivity contribution in [1.29, 1.82) is 0 Å². The van der Waals surface area contributed by atoms with Crippen LogP contribution in [-0.4, -0.2) is 45.2 Å². The molecule has 5 nitrogen and oxygen atoms in total. The molecule has 0 aliphatic rings. The highest BCUT2D eigenvalue weighted by Gasteiger charge is 2.09. The molecule has 0 heterocycles. The number of amides is 1. The van der Waals surface area contributed by atoms with E-state index in [1.807, 2.05) is 0 Å². The van der Waals surface area contributed by atoms with Crippen molar-refractivity contribution < 1.29 is 19.0 Å². The van der Waals surface area contributed by atoms with Gasteiger partial charge in [-0.25, -0.2) is 0 Å². The lowest BCUT2D eigenvalue weighted by atomic mass is 10.2. The minimum atomic E-state index is -0.181. The van der Waals surface area contributed by atoms with E-state index in [-0.39, 0.29) is 5.91 Å². The van der Waals surface area contributed by atoms with E-state index in [9.17, 15) is 4.79 Å². The standard InChI is InChI=1S/C13H18BrNO4/c1-17-11-7-10(8-12(9-11)18-2)13(16)15-4-6-19-5-3-14/h7-9H,3-6H2,1-2H3,(H,15,16). The van der Waals surface area contributed by atoms with E-state index in [1.54, 1.807) is 32.4 Å². The van der Waals surface area contributed by atoms with Crippen molar-refractivity contribution in [2.75, 3.05) is 39.3 Å². The molecule has 0 saturated heterocycles. The Bertz CT molecular complexity index is 389.